The highest BCUT2D eigenvalue weighted by Gasteiger charge is 2.45. The molecule has 0 radical (unpaired) electrons. The van der Waals surface area contributed by atoms with Gasteiger partial charge in [0.1, 0.15) is 11.0 Å². The largest absolute Gasteiger partial charge is 0.493 e. The van der Waals surface area contributed by atoms with E-state index >= 15 is 0 Å². The Hall–Kier alpha value is -2.95. The minimum absolute atomic E-state index is 0.308. The summed E-state index contributed by atoms with van der Waals surface area (Å²) in [5.41, 5.74) is 11.1. The molecule has 1 unspecified atom stereocenters. The lowest BCUT2D eigenvalue weighted by molar-refractivity contribution is 0.257. The predicted octanol–water partition coefficient (Wildman–Crippen LogP) is 7.19. The van der Waals surface area contributed by atoms with Gasteiger partial charge < -0.3 is 29.5 Å². The van der Waals surface area contributed by atoms with Crippen LogP contribution in [0, 0.1) is 6.92 Å². The van der Waals surface area contributed by atoms with E-state index in [0.717, 1.165) is 22.4 Å². The van der Waals surface area contributed by atoms with E-state index in [-0.39, 0.29) is 0 Å². The molecule has 8 nitrogen and oxygen atoms in total. The Bertz CT molecular complexity index is 1240. The Labute approximate surface area is 238 Å². The maximum atomic E-state index is 6.91. The molecule has 3 N–H and O–H groups in total. The van der Waals surface area contributed by atoms with E-state index in [1.807, 2.05) is 30.3 Å². The van der Waals surface area contributed by atoms with Crippen molar-refractivity contribution in [3.8, 4) is 22.9 Å². The minimum atomic E-state index is -2.11. The van der Waals surface area contributed by atoms with Gasteiger partial charge in [0.05, 0.1) is 20.8 Å². The number of hydrogen-bond acceptors (Lipinski definition) is 8. The molecule has 39 heavy (non-hydrogen) atoms. The first kappa shape index (κ1) is 30.6. The van der Waals surface area contributed by atoms with Gasteiger partial charge in [0, 0.05) is 23.7 Å². The molecule has 0 amide bonds. The molecule has 1 heterocycles. The van der Waals surface area contributed by atoms with Gasteiger partial charge >= 0.3 is 0 Å². The van der Waals surface area contributed by atoms with Crippen LogP contribution in [0.15, 0.2) is 40.9 Å². The zero-order valence-corrected chi connectivity index (χ0v) is 26.3. The van der Waals surface area contributed by atoms with Crippen molar-refractivity contribution >= 4 is 31.2 Å². The highest BCUT2D eigenvalue weighted by atomic mass is 32.1. The van der Waals surface area contributed by atoms with Gasteiger partial charge in [-0.25, -0.2) is 0 Å². The van der Waals surface area contributed by atoms with Crippen LogP contribution in [0.3, 0.4) is 0 Å². The lowest BCUT2D eigenvalue weighted by atomic mass is 10.0. The number of ether oxygens (including phenoxy) is 2. The van der Waals surface area contributed by atoms with Crippen LogP contribution >= 0.6 is 12.2 Å². The molecular formula is C29H42N4O4SSi. The van der Waals surface area contributed by atoms with Crippen molar-refractivity contribution in [3.63, 3.8) is 0 Å². The molecule has 0 bridgehead atoms. The Morgan fingerprint density at radius 2 is 1.62 bits per heavy atom. The average molecular weight is 571 g/mol. The predicted molar refractivity (Wildman–Crippen MR) is 163 cm³/mol. The van der Waals surface area contributed by atoms with Crippen LogP contribution in [-0.2, 0) is 11.0 Å². The van der Waals surface area contributed by atoms with Crippen LogP contribution in [0.25, 0.3) is 11.4 Å². The van der Waals surface area contributed by atoms with Crippen LogP contribution in [-0.4, -0.2) is 37.7 Å². The molecule has 1 atom stereocenters. The van der Waals surface area contributed by atoms with Gasteiger partial charge in [0.2, 0.25) is 20.0 Å². The van der Waals surface area contributed by atoms with Gasteiger partial charge in [-0.15, -0.1) is 0 Å². The number of aryl methyl sites for hydroxylation is 1. The zero-order valence-electron chi connectivity index (χ0n) is 24.5. The van der Waals surface area contributed by atoms with E-state index < -0.39 is 14.4 Å². The van der Waals surface area contributed by atoms with Gasteiger partial charge in [-0.3, -0.25) is 0 Å². The van der Waals surface area contributed by atoms with E-state index in [1.165, 1.54) is 0 Å². The number of thiocarbonyl (C=S) groups is 1. The molecule has 0 aliphatic carbocycles. The maximum Gasteiger partial charge on any atom is 0.223 e. The summed E-state index contributed by atoms with van der Waals surface area (Å²) in [6.45, 7) is 15.8. The number of nitrogens with two attached hydrogens (primary N) is 1. The second kappa shape index (κ2) is 12.9. The number of aromatic nitrogens is 2. The SMILES string of the molecule is COc1cc(C(Nc2ccc(-c3noc(C)n3)cc2)C(N)=S)cc(CO[Si](C(C)C)(C(C)C)C(C)C)c1OC. The third kappa shape index (κ3) is 6.62. The van der Waals surface area contributed by atoms with Gasteiger partial charge in [-0.1, -0.05) is 58.9 Å². The van der Waals surface area contributed by atoms with Crippen molar-refractivity contribution < 1.29 is 18.4 Å². The fourth-order valence-electron chi connectivity index (χ4n) is 5.66. The second-order valence-electron chi connectivity index (χ2n) is 10.7. The van der Waals surface area contributed by atoms with E-state index in [9.17, 15) is 0 Å². The number of nitrogens with one attached hydrogen (secondary N) is 1. The zero-order chi connectivity index (χ0) is 28.9. The lowest BCUT2D eigenvalue weighted by Crippen LogP contribution is -2.47. The third-order valence-corrected chi connectivity index (χ3v) is 13.7. The number of hydrogen-bond donors (Lipinski definition) is 2. The number of methoxy groups -OCH3 is 2. The van der Waals surface area contributed by atoms with Gasteiger partial charge in [0.15, 0.2) is 11.5 Å². The number of anilines is 1. The first-order valence-electron chi connectivity index (χ1n) is 13.3. The van der Waals surface area contributed by atoms with Crippen molar-refractivity contribution in [2.24, 2.45) is 5.73 Å². The van der Waals surface area contributed by atoms with Crippen molar-refractivity contribution in [1.29, 1.82) is 0 Å². The Morgan fingerprint density at radius 3 is 2.08 bits per heavy atom. The van der Waals surface area contributed by atoms with Gasteiger partial charge in [0.25, 0.3) is 0 Å². The molecule has 0 fully saturated rings. The van der Waals surface area contributed by atoms with Crippen LogP contribution < -0.4 is 20.5 Å². The molecule has 0 saturated carbocycles. The van der Waals surface area contributed by atoms with Crippen molar-refractivity contribution in [2.75, 3.05) is 19.5 Å². The summed E-state index contributed by atoms with van der Waals surface area (Å²) in [5, 5.41) is 7.45. The topological polar surface area (TPSA) is 105 Å². The third-order valence-electron chi connectivity index (χ3n) is 7.36. The Morgan fingerprint density at radius 1 is 1.00 bits per heavy atom. The summed E-state index contributed by atoms with van der Waals surface area (Å²) in [4.78, 5) is 4.59. The van der Waals surface area contributed by atoms with Gasteiger partial charge in [-0.2, -0.15) is 4.98 Å². The summed E-state index contributed by atoms with van der Waals surface area (Å²) >= 11 is 5.50. The molecule has 0 saturated heterocycles. The first-order chi connectivity index (χ1) is 18.4. The number of nitrogens with zero attached hydrogens (tertiary/aromatic N) is 2. The molecule has 3 aromatic rings. The van der Waals surface area contributed by atoms with Crippen LogP contribution in [0.2, 0.25) is 16.6 Å². The van der Waals surface area contributed by atoms with Crippen molar-refractivity contribution in [1.82, 2.24) is 10.1 Å². The standard InChI is InChI=1S/C29H42N4O4SSi/c1-17(2)39(18(3)4,19(5)6)36-16-23-14-22(15-25(34-8)27(23)35-9)26(28(30)38)32-24-12-10-21(11-13-24)29-31-20(7)37-33-29/h10-15,17-19,26,32H,16H2,1-9H3,(H2,30,38). The lowest BCUT2D eigenvalue weighted by Gasteiger charge is -2.42. The Kier molecular flexibility index (Phi) is 10.1. The van der Waals surface area contributed by atoms with Crippen LogP contribution in [0.1, 0.15) is 64.6 Å². The summed E-state index contributed by atoms with van der Waals surface area (Å²) < 4.78 is 23.5. The molecular weight excluding hydrogens is 528 g/mol. The highest BCUT2D eigenvalue weighted by Crippen LogP contribution is 2.44. The molecule has 10 heteroatoms. The molecule has 0 aliphatic rings. The van der Waals surface area contributed by atoms with Crippen molar-refractivity contribution in [3.05, 3.63) is 53.4 Å². The number of rotatable bonds is 13. The Balaban J connectivity index is 1.96. The van der Waals surface area contributed by atoms with Crippen LogP contribution in [0.5, 0.6) is 11.5 Å². The summed E-state index contributed by atoms with van der Waals surface area (Å²) in [7, 11) is 1.16. The van der Waals surface area contributed by atoms with E-state index in [0.29, 0.717) is 51.4 Å². The average Bonchev–Trinajstić information content (AvgIpc) is 3.32. The second-order valence-corrected chi connectivity index (χ2v) is 16.6. The van der Waals surface area contributed by atoms with E-state index in [1.54, 1.807) is 21.1 Å². The van der Waals surface area contributed by atoms with Crippen molar-refractivity contribution in [2.45, 2.75) is 77.7 Å². The fraction of sp³-hybridized carbons (Fsp3) is 0.483. The minimum Gasteiger partial charge on any atom is -0.493 e. The summed E-state index contributed by atoms with van der Waals surface area (Å²) in [6.07, 6.45) is 0. The number of benzene rings is 2. The van der Waals surface area contributed by atoms with E-state index in [4.69, 9.17) is 36.4 Å². The molecule has 3 rings (SSSR count). The normalized spacial score (nSPS) is 12.7. The fourth-order valence-corrected chi connectivity index (χ4v) is 11.3. The molecule has 0 spiro atoms. The van der Waals surface area contributed by atoms with Crippen LogP contribution in [0.4, 0.5) is 5.69 Å². The summed E-state index contributed by atoms with van der Waals surface area (Å²) in [6, 6.07) is 11.2. The smallest absolute Gasteiger partial charge is 0.223 e. The molecule has 0 aliphatic heterocycles. The van der Waals surface area contributed by atoms with Gasteiger partial charge in [-0.05, 0) is 58.6 Å². The summed E-state index contributed by atoms with van der Waals surface area (Å²) in [5.74, 6) is 2.31. The maximum absolute atomic E-state index is 6.91. The first-order valence-corrected chi connectivity index (χ1v) is 15.8. The van der Waals surface area contributed by atoms with E-state index in [2.05, 4.69) is 63.1 Å². The quantitative estimate of drug-likeness (QED) is 0.163. The molecule has 2 aromatic carbocycles. The molecule has 1 aromatic heterocycles. The highest BCUT2D eigenvalue weighted by molar-refractivity contribution is 7.80. The molecule has 212 valence electrons. The monoisotopic (exact) mass is 570 g/mol.